The number of nitrogen functional groups attached to an aromatic ring is 1. The minimum atomic E-state index is -0.567. The van der Waals surface area contributed by atoms with Gasteiger partial charge in [0.25, 0.3) is 0 Å². The van der Waals surface area contributed by atoms with Gasteiger partial charge in [0.1, 0.15) is 22.9 Å². The van der Waals surface area contributed by atoms with Crippen molar-refractivity contribution < 1.29 is 32.9 Å². The van der Waals surface area contributed by atoms with Crippen molar-refractivity contribution in [2.24, 2.45) is 5.92 Å². The van der Waals surface area contributed by atoms with E-state index in [0.29, 0.717) is 39.7 Å². The molecule has 2 aliphatic rings. The van der Waals surface area contributed by atoms with Crippen LogP contribution in [-0.2, 0) is 14.3 Å². The van der Waals surface area contributed by atoms with Crippen LogP contribution in [0.2, 0.25) is 0 Å². The van der Waals surface area contributed by atoms with Crippen LogP contribution in [0.25, 0.3) is 33.3 Å². The fourth-order valence-electron chi connectivity index (χ4n) is 5.65. The van der Waals surface area contributed by atoms with Crippen LogP contribution in [-0.4, -0.2) is 52.3 Å². The Hall–Kier alpha value is -5.46. The number of benzene rings is 2. The summed E-state index contributed by atoms with van der Waals surface area (Å²) in [5.74, 6) is 1.74. The number of hydrogen-bond acceptors (Lipinski definition) is 11. The molecule has 0 radical (unpaired) electrons. The smallest absolute Gasteiger partial charge is 0.340 e. The summed E-state index contributed by atoms with van der Waals surface area (Å²) in [6.07, 6.45) is 4.03. The van der Waals surface area contributed by atoms with Gasteiger partial charge in [-0.3, -0.25) is 4.79 Å². The van der Waals surface area contributed by atoms with E-state index in [-0.39, 0.29) is 37.9 Å². The number of nitrogens with one attached hydrogen (secondary N) is 2. The van der Waals surface area contributed by atoms with Crippen molar-refractivity contribution in [3.63, 3.8) is 0 Å². The van der Waals surface area contributed by atoms with Crippen molar-refractivity contribution in [1.29, 1.82) is 0 Å². The summed E-state index contributed by atoms with van der Waals surface area (Å²) < 4.78 is 20.2. The van der Waals surface area contributed by atoms with E-state index in [9.17, 15) is 14.4 Å². The number of carbonyl (C=O) groups is 3. The van der Waals surface area contributed by atoms with Crippen LogP contribution in [0.5, 0.6) is 0 Å². The zero-order valence-corrected chi connectivity index (χ0v) is 27.1. The number of esters is 2. The minimum absolute atomic E-state index is 0. The number of ether oxygens (including phenoxy) is 2. The lowest BCUT2D eigenvalue weighted by atomic mass is 9.99. The van der Waals surface area contributed by atoms with Crippen molar-refractivity contribution in [2.75, 3.05) is 25.3 Å². The molecule has 2 aliphatic carbocycles. The lowest BCUT2D eigenvalue weighted by Gasteiger charge is -2.14. The number of nitrogens with two attached hydrogens (primary N) is 1. The summed E-state index contributed by atoms with van der Waals surface area (Å²) in [7, 11) is 2.66. The van der Waals surface area contributed by atoms with E-state index in [1.165, 1.54) is 14.2 Å². The van der Waals surface area contributed by atoms with Crippen LogP contribution in [0.15, 0.2) is 33.3 Å². The second-order valence-corrected chi connectivity index (χ2v) is 11.9. The molecule has 2 saturated carbocycles. The Balaban J connectivity index is 0.000000212. The van der Waals surface area contributed by atoms with Gasteiger partial charge in [0.15, 0.2) is 0 Å². The van der Waals surface area contributed by atoms with Gasteiger partial charge in [-0.25, -0.2) is 14.6 Å². The van der Waals surface area contributed by atoms with E-state index in [2.05, 4.69) is 25.6 Å². The number of hydrogen-bond donors (Lipinski definition) is 3. The van der Waals surface area contributed by atoms with Crippen molar-refractivity contribution >= 4 is 40.3 Å². The molecule has 0 spiro atoms. The second kappa shape index (κ2) is 14.3. The molecule has 0 saturated heterocycles. The first-order valence-electron chi connectivity index (χ1n) is 15.3. The predicted molar refractivity (Wildman–Crippen MR) is 186 cm³/mol. The third kappa shape index (κ3) is 7.20. The largest absolute Gasteiger partial charge is 0.465 e. The number of imidazole rings is 1. The predicted octanol–water partition coefficient (Wildman–Crippen LogP) is 7.45. The molecule has 0 unspecified atom stereocenters. The van der Waals surface area contributed by atoms with Gasteiger partial charge in [-0.1, -0.05) is 25.2 Å². The van der Waals surface area contributed by atoms with Gasteiger partial charge in [0.2, 0.25) is 5.91 Å². The molecule has 0 aliphatic heterocycles. The van der Waals surface area contributed by atoms with Gasteiger partial charge in [-0.2, -0.15) is 0 Å². The molecule has 0 atom stereocenters. The average Bonchev–Trinajstić information content (AvgIpc) is 3.99. The first-order chi connectivity index (χ1) is 22.5. The van der Waals surface area contributed by atoms with E-state index >= 15 is 0 Å². The molecule has 260 valence electrons. The van der Waals surface area contributed by atoms with Crippen LogP contribution in [0.3, 0.4) is 0 Å². The zero-order valence-electron chi connectivity index (χ0n) is 27.1. The number of methoxy groups -OCH3 is 2. The van der Waals surface area contributed by atoms with E-state index < -0.39 is 11.9 Å². The average molecular weight is 673 g/mol. The van der Waals surface area contributed by atoms with Crippen LogP contribution in [0, 0.1) is 33.6 Å². The summed E-state index contributed by atoms with van der Waals surface area (Å²) in [5, 5.41) is 10.7. The number of aromatic nitrogens is 4. The molecule has 0 bridgehead atoms. The highest BCUT2D eigenvalue weighted by molar-refractivity contribution is 6.05. The van der Waals surface area contributed by atoms with E-state index in [1.807, 2.05) is 26.8 Å². The van der Waals surface area contributed by atoms with E-state index in [4.69, 9.17) is 24.3 Å². The molecule has 3 heterocycles. The lowest BCUT2D eigenvalue weighted by molar-refractivity contribution is -0.117. The highest BCUT2D eigenvalue weighted by Gasteiger charge is 2.31. The lowest BCUT2D eigenvalue weighted by Crippen LogP contribution is -2.16. The summed E-state index contributed by atoms with van der Waals surface area (Å²) in [4.78, 5) is 44.3. The fraction of sp³-hybridized carbons (Fsp3) is 0.389. The third-order valence-electron chi connectivity index (χ3n) is 8.41. The Morgan fingerprint density at radius 2 is 1.35 bits per heavy atom. The summed E-state index contributed by atoms with van der Waals surface area (Å²) in [5.41, 5.74) is 13.5. The van der Waals surface area contributed by atoms with Crippen LogP contribution in [0.4, 0.5) is 11.4 Å². The number of H-pyrrole nitrogens is 1. The number of aryl methyl sites for hydroxylation is 4. The molecule has 1 amide bonds. The highest BCUT2D eigenvalue weighted by atomic mass is 16.5. The van der Waals surface area contributed by atoms with Gasteiger partial charge in [-0.05, 0) is 88.8 Å². The Kier molecular flexibility index (Phi) is 10.6. The molecule has 7 rings (SSSR count). The number of rotatable bonds is 7. The Morgan fingerprint density at radius 3 is 1.84 bits per heavy atom. The summed E-state index contributed by atoms with van der Waals surface area (Å²) >= 11 is 0. The summed E-state index contributed by atoms with van der Waals surface area (Å²) in [6.45, 7) is 7.34. The van der Waals surface area contributed by atoms with Crippen molar-refractivity contribution in [3.8, 4) is 22.3 Å². The standard InChI is InChI=1S/C17H19N3O4.C17H17N3O3.2CH4/c1-8-14(9(2)24-20-8)11-6-12(17(22)23-3)15(18)13(7-11)19-16(21)10-4-5-10;1-8-14(9(2)23-20-8)11-6-12(17(21)22-3)15-13(7-11)18-16(19-15)10-4-5-10;;/h6-7,10H,4-5,18H2,1-3H3,(H,19,21);6-7,10H,4-5H2,1-3H3,(H,18,19);2*1H4. The Morgan fingerprint density at radius 1 is 0.816 bits per heavy atom. The number of aromatic amines is 1. The molecule has 4 N–H and O–H groups in total. The molecular weight excluding hydrogens is 628 g/mol. The molecule has 2 aromatic carbocycles. The molecule has 49 heavy (non-hydrogen) atoms. The minimum Gasteiger partial charge on any atom is -0.465 e. The van der Waals surface area contributed by atoms with Crippen molar-refractivity contribution in [3.05, 3.63) is 64.1 Å². The number of nitrogens with zero attached hydrogens (tertiary/aromatic N) is 3. The maximum atomic E-state index is 12.2. The van der Waals surface area contributed by atoms with E-state index in [0.717, 1.165) is 65.2 Å². The molecule has 13 heteroatoms. The first-order valence-corrected chi connectivity index (χ1v) is 15.3. The maximum absolute atomic E-state index is 12.2. The van der Waals surface area contributed by atoms with Gasteiger partial charge < -0.3 is 34.6 Å². The SMILES string of the molecule is C.C.COC(=O)c1cc(-c2c(C)noc2C)cc(NC(=O)C2CC2)c1N.COC(=O)c1cc(-c2c(C)noc2C)cc2[nH]c(C3CC3)nc12. The monoisotopic (exact) mass is 672 g/mol. The zero-order chi connectivity index (χ0) is 33.6. The molecule has 3 aromatic heterocycles. The molecule has 5 aromatic rings. The fourth-order valence-corrected chi connectivity index (χ4v) is 5.65. The van der Waals surface area contributed by atoms with Gasteiger partial charge in [0.05, 0.1) is 53.6 Å². The quantitative estimate of drug-likeness (QED) is 0.115. The van der Waals surface area contributed by atoms with Gasteiger partial charge >= 0.3 is 11.9 Å². The molecular formula is C36H44N6O7. The highest BCUT2D eigenvalue weighted by Crippen LogP contribution is 2.40. The van der Waals surface area contributed by atoms with E-state index in [1.54, 1.807) is 25.1 Å². The number of amides is 1. The number of anilines is 2. The second-order valence-electron chi connectivity index (χ2n) is 11.9. The Labute approximate surface area is 284 Å². The molecule has 2 fully saturated rings. The van der Waals surface area contributed by atoms with Crippen molar-refractivity contribution in [1.82, 2.24) is 20.3 Å². The Bertz CT molecular complexity index is 1990. The van der Waals surface area contributed by atoms with Crippen LogP contribution < -0.4 is 11.1 Å². The topological polar surface area (TPSA) is 188 Å². The van der Waals surface area contributed by atoms with Gasteiger partial charge in [0, 0.05) is 23.0 Å². The van der Waals surface area contributed by atoms with Crippen molar-refractivity contribution in [2.45, 2.75) is 74.1 Å². The number of fused-ring (bicyclic) bond motifs is 1. The molecule has 13 nitrogen and oxygen atoms in total. The first kappa shape index (κ1) is 36.4. The third-order valence-corrected chi connectivity index (χ3v) is 8.41. The number of carbonyl (C=O) groups excluding carboxylic acids is 3. The van der Waals surface area contributed by atoms with Gasteiger partial charge in [-0.15, -0.1) is 0 Å². The normalized spacial score (nSPS) is 13.4. The summed E-state index contributed by atoms with van der Waals surface area (Å²) in [6, 6.07) is 7.15. The van der Waals surface area contributed by atoms with Crippen LogP contribution in [0.1, 0.15) is 95.9 Å². The maximum Gasteiger partial charge on any atom is 0.340 e. The van der Waals surface area contributed by atoms with Crippen LogP contribution >= 0.6 is 0 Å².